The number of methoxy groups -OCH3 is 1. The lowest BCUT2D eigenvalue weighted by Gasteiger charge is -2.33. The average molecular weight is 461 g/mol. The zero-order chi connectivity index (χ0) is 23.5. The molecule has 1 fully saturated rings. The highest BCUT2D eigenvalue weighted by atomic mass is 16.5. The van der Waals surface area contributed by atoms with Crippen LogP contribution in [0.5, 0.6) is 11.5 Å². The quantitative estimate of drug-likeness (QED) is 0.496. The minimum Gasteiger partial charge on any atom is -0.497 e. The van der Waals surface area contributed by atoms with E-state index in [1.807, 2.05) is 30.5 Å². The molecule has 178 valence electrons. The Morgan fingerprint density at radius 1 is 1.18 bits per heavy atom. The van der Waals surface area contributed by atoms with Gasteiger partial charge >= 0.3 is 0 Å². The van der Waals surface area contributed by atoms with Crippen LogP contribution in [0.2, 0.25) is 0 Å². The monoisotopic (exact) mass is 460 g/mol. The van der Waals surface area contributed by atoms with E-state index in [0.29, 0.717) is 12.0 Å². The van der Waals surface area contributed by atoms with Gasteiger partial charge in [0.1, 0.15) is 11.5 Å². The van der Waals surface area contributed by atoms with E-state index in [1.54, 1.807) is 7.11 Å². The van der Waals surface area contributed by atoms with E-state index >= 15 is 0 Å². The fourth-order valence-corrected chi connectivity index (χ4v) is 5.16. The van der Waals surface area contributed by atoms with Crippen molar-refractivity contribution in [2.45, 2.75) is 50.7 Å². The molecule has 0 radical (unpaired) electrons. The van der Waals surface area contributed by atoms with Gasteiger partial charge in [0.25, 0.3) is 5.91 Å². The molecule has 7 heteroatoms. The fourth-order valence-electron chi connectivity index (χ4n) is 5.16. The number of carbonyl (C=O) groups excluding carboxylic acids is 1. The number of nitrogens with one attached hydrogen (secondary N) is 2. The summed E-state index contributed by atoms with van der Waals surface area (Å²) in [6.45, 7) is 0.858. The molecule has 7 nitrogen and oxygen atoms in total. The van der Waals surface area contributed by atoms with Crippen molar-refractivity contribution in [2.24, 2.45) is 11.7 Å². The normalized spacial score (nSPS) is 20.8. The first-order valence-electron chi connectivity index (χ1n) is 12.0. The molecule has 0 unspecified atom stereocenters. The van der Waals surface area contributed by atoms with Crippen molar-refractivity contribution < 1.29 is 14.3 Å². The Balaban J connectivity index is 1.14. The number of benzene rings is 2. The standard InChI is InChI=1S/C27H32N4O3/c1-33-21-7-8-24-22(14-21)19(10-11-29-24)13-23(28)18-3-5-20(6-4-18)30-15-17-2-9-26-25(12-17)31-27(32)16-34-26/h2,7-12,14,18,20,23,30H,3-6,13,15-16,28H2,1H3,(H,31,32)/t18?,20?,23-/m1/s1. The van der Waals surface area contributed by atoms with E-state index in [2.05, 4.69) is 33.8 Å². The maximum Gasteiger partial charge on any atom is 0.262 e. The highest BCUT2D eigenvalue weighted by molar-refractivity contribution is 5.95. The van der Waals surface area contributed by atoms with Crippen molar-refractivity contribution in [1.82, 2.24) is 10.3 Å². The number of pyridine rings is 1. The van der Waals surface area contributed by atoms with Gasteiger partial charge in [0.15, 0.2) is 6.61 Å². The molecule has 4 N–H and O–H groups in total. The number of fused-ring (bicyclic) bond motifs is 2. The number of nitrogens with two attached hydrogens (primary N) is 1. The number of anilines is 1. The number of carbonyl (C=O) groups is 1. The Hall–Kier alpha value is -3.16. The molecule has 0 spiro atoms. The van der Waals surface area contributed by atoms with Crippen molar-refractivity contribution in [3.8, 4) is 11.5 Å². The third-order valence-corrected chi connectivity index (χ3v) is 7.14. The van der Waals surface area contributed by atoms with Crippen LogP contribution in [-0.4, -0.2) is 36.7 Å². The molecule has 2 aliphatic rings. The first kappa shape index (κ1) is 22.6. The van der Waals surface area contributed by atoms with Crippen molar-refractivity contribution in [3.05, 3.63) is 59.8 Å². The van der Waals surface area contributed by atoms with Gasteiger partial charge in [-0.15, -0.1) is 0 Å². The predicted octanol–water partition coefficient (Wildman–Crippen LogP) is 3.79. The summed E-state index contributed by atoms with van der Waals surface area (Å²) in [6.07, 6.45) is 7.20. The molecule has 1 aliphatic heterocycles. The van der Waals surface area contributed by atoms with Crippen LogP contribution >= 0.6 is 0 Å². The van der Waals surface area contributed by atoms with Crippen molar-refractivity contribution in [3.63, 3.8) is 0 Å². The predicted molar refractivity (Wildman–Crippen MR) is 133 cm³/mol. The number of amides is 1. The summed E-state index contributed by atoms with van der Waals surface area (Å²) in [4.78, 5) is 16.1. The Bertz CT molecular complexity index is 1170. The molecule has 34 heavy (non-hydrogen) atoms. The zero-order valence-electron chi connectivity index (χ0n) is 19.5. The Labute approximate surface area is 200 Å². The van der Waals surface area contributed by atoms with E-state index in [1.165, 1.54) is 5.56 Å². The second kappa shape index (κ2) is 9.99. The minimum absolute atomic E-state index is 0.0849. The number of nitrogens with zero attached hydrogens (tertiary/aromatic N) is 1. The van der Waals surface area contributed by atoms with Gasteiger partial charge in [0.05, 0.1) is 18.3 Å². The summed E-state index contributed by atoms with van der Waals surface area (Å²) >= 11 is 0. The molecule has 2 aromatic carbocycles. The summed E-state index contributed by atoms with van der Waals surface area (Å²) in [5, 5.41) is 7.69. The average Bonchev–Trinajstić information content (AvgIpc) is 2.87. The van der Waals surface area contributed by atoms with Crippen LogP contribution in [0.4, 0.5) is 5.69 Å². The maximum absolute atomic E-state index is 11.6. The van der Waals surface area contributed by atoms with Gasteiger partial charge in [0, 0.05) is 30.2 Å². The molecule has 1 atom stereocenters. The van der Waals surface area contributed by atoms with E-state index in [-0.39, 0.29) is 18.6 Å². The summed E-state index contributed by atoms with van der Waals surface area (Å²) in [6, 6.07) is 14.7. The largest absolute Gasteiger partial charge is 0.497 e. The molecular weight excluding hydrogens is 428 g/mol. The molecule has 0 bridgehead atoms. The van der Waals surface area contributed by atoms with Crippen LogP contribution in [0.3, 0.4) is 0 Å². The molecule has 2 heterocycles. The topological polar surface area (TPSA) is 98.5 Å². The zero-order valence-corrected chi connectivity index (χ0v) is 19.5. The van der Waals surface area contributed by atoms with E-state index in [4.69, 9.17) is 15.2 Å². The lowest BCUT2D eigenvalue weighted by atomic mass is 9.79. The van der Waals surface area contributed by atoms with Gasteiger partial charge in [-0.2, -0.15) is 0 Å². The lowest BCUT2D eigenvalue weighted by Crippen LogP contribution is -2.39. The Morgan fingerprint density at radius 2 is 2.03 bits per heavy atom. The molecule has 1 amide bonds. The molecule has 1 saturated carbocycles. The molecule has 3 aromatic rings. The first-order chi connectivity index (χ1) is 16.6. The van der Waals surface area contributed by atoms with Gasteiger partial charge in [-0.3, -0.25) is 9.78 Å². The summed E-state index contributed by atoms with van der Waals surface area (Å²) in [5.41, 5.74) is 10.8. The van der Waals surface area contributed by atoms with Crippen molar-refractivity contribution in [2.75, 3.05) is 19.0 Å². The SMILES string of the molecule is COc1ccc2nccc(C[C@@H](N)C3CCC(NCc4ccc5c(c4)NC(=O)CO5)CC3)c2c1. The molecule has 1 aromatic heterocycles. The maximum atomic E-state index is 11.6. The lowest BCUT2D eigenvalue weighted by molar-refractivity contribution is -0.118. The second-order valence-electron chi connectivity index (χ2n) is 9.38. The highest BCUT2D eigenvalue weighted by Crippen LogP contribution is 2.31. The fraction of sp³-hybridized carbons (Fsp3) is 0.407. The number of rotatable bonds is 7. The number of aromatic nitrogens is 1. The van der Waals surface area contributed by atoms with Crippen LogP contribution in [0.15, 0.2) is 48.7 Å². The van der Waals surface area contributed by atoms with Gasteiger partial charge in [-0.1, -0.05) is 6.07 Å². The van der Waals surface area contributed by atoms with E-state index < -0.39 is 0 Å². The Kier molecular flexibility index (Phi) is 6.65. The van der Waals surface area contributed by atoms with Crippen LogP contribution in [-0.2, 0) is 17.8 Å². The third-order valence-electron chi connectivity index (χ3n) is 7.14. The number of hydrogen-bond donors (Lipinski definition) is 3. The van der Waals surface area contributed by atoms with Crippen molar-refractivity contribution >= 4 is 22.5 Å². The third kappa shape index (κ3) is 5.00. The molecule has 1 aliphatic carbocycles. The van der Waals surface area contributed by atoms with Gasteiger partial charge in [0.2, 0.25) is 0 Å². The van der Waals surface area contributed by atoms with Crippen molar-refractivity contribution in [1.29, 1.82) is 0 Å². The van der Waals surface area contributed by atoms with Crippen LogP contribution < -0.4 is 25.8 Å². The smallest absolute Gasteiger partial charge is 0.262 e. The first-order valence-corrected chi connectivity index (χ1v) is 12.0. The van der Waals surface area contributed by atoms with Gasteiger partial charge in [-0.25, -0.2) is 0 Å². The summed E-state index contributed by atoms with van der Waals surface area (Å²) < 4.78 is 10.8. The van der Waals surface area contributed by atoms with Crippen LogP contribution in [0.1, 0.15) is 36.8 Å². The number of hydrogen-bond acceptors (Lipinski definition) is 6. The van der Waals surface area contributed by atoms with Gasteiger partial charge < -0.3 is 25.8 Å². The van der Waals surface area contributed by atoms with Crippen LogP contribution in [0, 0.1) is 5.92 Å². The molecule has 5 rings (SSSR count). The van der Waals surface area contributed by atoms with Crippen LogP contribution in [0.25, 0.3) is 10.9 Å². The number of ether oxygens (including phenoxy) is 2. The minimum atomic E-state index is -0.105. The molecular formula is C27H32N4O3. The summed E-state index contributed by atoms with van der Waals surface area (Å²) in [5.74, 6) is 1.99. The summed E-state index contributed by atoms with van der Waals surface area (Å²) in [7, 11) is 1.69. The molecule has 0 saturated heterocycles. The van der Waals surface area contributed by atoms with Gasteiger partial charge in [-0.05, 0) is 85.5 Å². The Morgan fingerprint density at radius 3 is 2.85 bits per heavy atom. The highest BCUT2D eigenvalue weighted by Gasteiger charge is 2.26. The second-order valence-corrected chi connectivity index (χ2v) is 9.38. The van der Waals surface area contributed by atoms with E-state index in [9.17, 15) is 4.79 Å². The van der Waals surface area contributed by atoms with E-state index in [0.717, 1.165) is 72.3 Å².